The van der Waals surface area contributed by atoms with Crippen molar-refractivity contribution < 1.29 is 0 Å². The summed E-state index contributed by atoms with van der Waals surface area (Å²) < 4.78 is 0. The first-order valence-electron chi connectivity index (χ1n) is 4.44. The second-order valence-electron chi connectivity index (χ2n) is 3.34. The third-order valence-corrected chi connectivity index (χ3v) is 3.59. The zero-order valence-electron chi connectivity index (χ0n) is 7.96. The van der Waals surface area contributed by atoms with Crippen LogP contribution in [-0.2, 0) is 0 Å². The van der Waals surface area contributed by atoms with Crippen molar-refractivity contribution in [2.24, 2.45) is 0 Å². The number of hydrogen-bond acceptors (Lipinski definition) is 3. The zero-order valence-corrected chi connectivity index (χ0v) is 10.5. The van der Waals surface area contributed by atoms with Crippen LogP contribution in [0.15, 0.2) is 0 Å². The van der Waals surface area contributed by atoms with Gasteiger partial charge in [0.1, 0.15) is 5.01 Å². The van der Waals surface area contributed by atoms with E-state index in [1.165, 1.54) is 28.4 Å². The van der Waals surface area contributed by atoms with Crippen LogP contribution in [0.1, 0.15) is 34.5 Å². The highest BCUT2D eigenvalue weighted by Crippen LogP contribution is 2.28. The number of thiazole rings is 1. The van der Waals surface area contributed by atoms with Gasteiger partial charge in [-0.15, -0.1) is 28.3 Å². The molecule has 0 spiro atoms. The van der Waals surface area contributed by atoms with E-state index in [0.29, 0.717) is 6.04 Å². The monoisotopic (exact) mass is 262 g/mol. The van der Waals surface area contributed by atoms with Crippen LogP contribution in [0, 0.1) is 13.8 Å². The van der Waals surface area contributed by atoms with Crippen LogP contribution < -0.4 is 5.32 Å². The van der Waals surface area contributed by atoms with Gasteiger partial charge in [0.2, 0.25) is 0 Å². The normalized spacial score (nSPS) is 21.5. The van der Waals surface area contributed by atoms with Crippen LogP contribution in [-0.4, -0.2) is 11.5 Å². The molecule has 1 saturated heterocycles. The SMILES string of the molecule is Br.Cc1nc([C@H]2CCCN2)sc1C. The van der Waals surface area contributed by atoms with Crippen molar-refractivity contribution in [3.8, 4) is 0 Å². The number of nitrogens with zero attached hydrogens (tertiary/aromatic N) is 1. The quantitative estimate of drug-likeness (QED) is 0.842. The lowest BCUT2D eigenvalue weighted by Crippen LogP contribution is -2.12. The van der Waals surface area contributed by atoms with Crippen LogP contribution in [0.25, 0.3) is 0 Å². The van der Waals surface area contributed by atoms with Gasteiger partial charge in [0.15, 0.2) is 0 Å². The molecule has 0 bridgehead atoms. The number of hydrogen-bond donors (Lipinski definition) is 1. The molecule has 2 nitrogen and oxygen atoms in total. The second-order valence-corrected chi connectivity index (χ2v) is 4.58. The van der Waals surface area contributed by atoms with Gasteiger partial charge in [-0.05, 0) is 33.2 Å². The van der Waals surface area contributed by atoms with Gasteiger partial charge in [0.25, 0.3) is 0 Å². The molecule has 1 fully saturated rings. The Morgan fingerprint density at radius 1 is 1.46 bits per heavy atom. The maximum atomic E-state index is 4.55. The minimum Gasteiger partial charge on any atom is -0.308 e. The Morgan fingerprint density at radius 3 is 2.69 bits per heavy atom. The average Bonchev–Trinajstić information content (AvgIpc) is 2.61. The van der Waals surface area contributed by atoms with Crippen molar-refractivity contribution in [1.82, 2.24) is 10.3 Å². The average molecular weight is 263 g/mol. The summed E-state index contributed by atoms with van der Waals surface area (Å²) in [5.41, 5.74) is 1.20. The Morgan fingerprint density at radius 2 is 2.23 bits per heavy atom. The summed E-state index contributed by atoms with van der Waals surface area (Å²) in [5, 5.41) is 4.74. The molecule has 1 aromatic rings. The second kappa shape index (κ2) is 4.53. The Bertz CT molecular complexity index is 260. The van der Waals surface area contributed by atoms with Crippen LogP contribution >= 0.6 is 28.3 Å². The van der Waals surface area contributed by atoms with E-state index in [1.807, 2.05) is 11.3 Å². The lowest BCUT2D eigenvalue weighted by molar-refractivity contribution is 0.641. The molecule has 2 heterocycles. The maximum Gasteiger partial charge on any atom is 0.110 e. The van der Waals surface area contributed by atoms with Gasteiger partial charge >= 0.3 is 0 Å². The summed E-state index contributed by atoms with van der Waals surface area (Å²) in [6, 6.07) is 0.544. The molecule has 0 amide bonds. The zero-order chi connectivity index (χ0) is 8.55. The Hall–Kier alpha value is 0.0700. The smallest absolute Gasteiger partial charge is 0.110 e. The molecule has 13 heavy (non-hydrogen) atoms. The molecular formula is C9H15BrN2S. The summed E-state index contributed by atoms with van der Waals surface area (Å²) in [4.78, 5) is 5.91. The summed E-state index contributed by atoms with van der Waals surface area (Å²) in [7, 11) is 0. The van der Waals surface area contributed by atoms with Crippen molar-refractivity contribution in [3.63, 3.8) is 0 Å². The predicted octanol–water partition coefficient (Wildman–Crippen LogP) is 2.76. The lowest BCUT2D eigenvalue weighted by atomic mass is 10.2. The van der Waals surface area contributed by atoms with Crippen molar-refractivity contribution in [1.29, 1.82) is 0 Å². The van der Waals surface area contributed by atoms with E-state index in [2.05, 4.69) is 24.1 Å². The first-order valence-corrected chi connectivity index (χ1v) is 5.26. The van der Waals surface area contributed by atoms with Gasteiger partial charge in [-0.1, -0.05) is 0 Å². The molecule has 0 radical (unpaired) electrons. The molecule has 74 valence electrons. The maximum absolute atomic E-state index is 4.55. The predicted molar refractivity (Wildman–Crippen MR) is 61.9 cm³/mol. The first-order chi connectivity index (χ1) is 5.77. The molecule has 4 heteroatoms. The molecule has 1 aliphatic rings. The molecule has 0 unspecified atom stereocenters. The Labute approximate surface area is 93.5 Å². The van der Waals surface area contributed by atoms with Gasteiger partial charge in [0.05, 0.1) is 11.7 Å². The summed E-state index contributed by atoms with van der Waals surface area (Å²) in [6.07, 6.45) is 2.55. The minimum absolute atomic E-state index is 0. The van der Waals surface area contributed by atoms with Crippen molar-refractivity contribution in [3.05, 3.63) is 15.6 Å². The molecule has 0 aliphatic carbocycles. The highest BCUT2D eigenvalue weighted by atomic mass is 79.9. The summed E-state index contributed by atoms with van der Waals surface area (Å²) >= 11 is 1.84. The molecular weight excluding hydrogens is 248 g/mol. The fraction of sp³-hybridized carbons (Fsp3) is 0.667. The van der Waals surface area contributed by atoms with Crippen LogP contribution in [0.4, 0.5) is 0 Å². The third kappa shape index (κ3) is 2.30. The number of nitrogens with one attached hydrogen (secondary N) is 1. The molecule has 1 atom stereocenters. The van der Waals surface area contributed by atoms with Crippen LogP contribution in [0.5, 0.6) is 0 Å². The van der Waals surface area contributed by atoms with Gasteiger partial charge in [0, 0.05) is 4.88 Å². The minimum atomic E-state index is 0. The van der Waals surface area contributed by atoms with Crippen LogP contribution in [0.2, 0.25) is 0 Å². The molecule has 0 saturated carbocycles. The molecule has 0 aromatic carbocycles. The van der Waals surface area contributed by atoms with E-state index in [1.54, 1.807) is 0 Å². The van der Waals surface area contributed by atoms with Crippen molar-refractivity contribution >= 4 is 28.3 Å². The summed E-state index contributed by atoms with van der Waals surface area (Å²) in [6.45, 7) is 5.39. The number of rotatable bonds is 1. The molecule has 1 aliphatic heterocycles. The van der Waals surface area contributed by atoms with Gasteiger partial charge in [-0.2, -0.15) is 0 Å². The highest BCUT2D eigenvalue weighted by molar-refractivity contribution is 8.93. The topological polar surface area (TPSA) is 24.9 Å². The highest BCUT2D eigenvalue weighted by Gasteiger charge is 2.19. The molecule has 2 rings (SSSR count). The third-order valence-electron chi connectivity index (χ3n) is 2.40. The van der Waals surface area contributed by atoms with Crippen LogP contribution in [0.3, 0.4) is 0 Å². The van der Waals surface area contributed by atoms with E-state index in [4.69, 9.17) is 0 Å². The van der Waals surface area contributed by atoms with E-state index in [0.717, 1.165) is 6.54 Å². The van der Waals surface area contributed by atoms with Gasteiger partial charge < -0.3 is 5.32 Å². The first kappa shape index (κ1) is 11.1. The van der Waals surface area contributed by atoms with E-state index in [-0.39, 0.29) is 17.0 Å². The van der Waals surface area contributed by atoms with E-state index >= 15 is 0 Å². The summed E-state index contributed by atoms with van der Waals surface area (Å²) in [5.74, 6) is 0. The van der Waals surface area contributed by atoms with E-state index < -0.39 is 0 Å². The van der Waals surface area contributed by atoms with Crippen molar-refractivity contribution in [2.75, 3.05) is 6.54 Å². The largest absolute Gasteiger partial charge is 0.308 e. The Balaban J connectivity index is 0.000000845. The fourth-order valence-corrected chi connectivity index (χ4v) is 2.57. The number of aryl methyl sites for hydroxylation is 2. The molecule has 1 N–H and O–H groups in total. The Kier molecular flexibility index (Phi) is 3.88. The van der Waals surface area contributed by atoms with Gasteiger partial charge in [-0.3, -0.25) is 0 Å². The van der Waals surface area contributed by atoms with Gasteiger partial charge in [-0.25, -0.2) is 4.98 Å². The fourth-order valence-electron chi connectivity index (χ4n) is 1.54. The number of aromatic nitrogens is 1. The lowest BCUT2D eigenvalue weighted by Gasteiger charge is -2.03. The van der Waals surface area contributed by atoms with E-state index in [9.17, 15) is 0 Å². The van der Waals surface area contributed by atoms with Crippen molar-refractivity contribution in [2.45, 2.75) is 32.7 Å². The number of halogens is 1. The standard InChI is InChI=1S/C9H14N2S.BrH/c1-6-7(2)12-9(11-6)8-4-3-5-10-8;/h8,10H,3-5H2,1-2H3;1H/t8-;/m1./s1. The molecule has 1 aromatic heterocycles.